The van der Waals surface area contributed by atoms with E-state index in [0.717, 1.165) is 66.0 Å². The summed E-state index contributed by atoms with van der Waals surface area (Å²) >= 11 is 0. The molecule has 0 aliphatic heterocycles. The Hall–Kier alpha value is -6.46. The van der Waals surface area contributed by atoms with Crippen LogP contribution in [0.3, 0.4) is 0 Å². The van der Waals surface area contributed by atoms with E-state index in [-0.39, 0.29) is 0 Å². The van der Waals surface area contributed by atoms with Crippen LogP contribution in [0.1, 0.15) is 0 Å². The molecule has 0 aliphatic rings. The van der Waals surface area contributed by atoms with Gasteiger partial charge in [-0.05, 0) is 51.6 Å². The highest BCUT2D eigenvalue weighted by Gasteiger charge is 2.19. The van der Waals surface area contributed by atoms with E-state index in [9.17, 15) is 0 Å². The minimum atomic E-state index is 0.612. The van der Waals surface area contributed by atoms with Crippen molar-refractivity contribution in [2.24, 2.45) is 0 Å². The summed E-state index contributed by atoms with van der Waals surface area (Å²) in [7, 11) is 0. The summed E-state index contributed by atoms with van der Waals surface area (Å²) in [5.74, 6) is 2.52. The van der Waals surface area contributed by atoms with Crippen LogP contribution in [0.2, 0.25) is 0 Å². The average molecular weight is 603 g/mol. The second-order valence-corrected chi connectivity index (χ2v) is 11.4. The third kappa shape index (κ3) is 4.73. The first-order valence-corrected chi connectivity index (χ1v) is 15.6. The molecule has 2 aromatic heterocycles. The molecule has 0 N–H and O–H groups in total. The maximum Gasteiger partial charge on any atom is 0.227 e. The van der Waals surface area contributed by atoms with Gasteiger partial charge in [-0.1, -0.05) is 133 Å². The van der Waals surface area contributed by atoms with Gasteiger partial charge in [-0.3, -0.25) is 0 Å². The number of oxazole rings is 1. The van der Waals surface area contributed by atoms with Crippen LogP contribution < -0.4 is 0 Å². The third-order valence-electron chi connectivity index (χ3n) is 8.58. The predicted octanol–water partition coefficient (Wildman–Crippen LogP) is 10.7. The molecule has 5 heteroatoms. The Balaban J connectivity index is 1.26. The highest BCUT2D eigenvalue weighted by atomic mass is 16.3. The third-order valence-corrected chi connectivity index (χ3v) is 8.58. The number of nitrogens with zero attached hydrogens (tertiary/aromatic N) is 4. The van der Waals surface area contributed by atoms with Crippen LogP contribution >= 0.6 is 0 Å². The van der Waals surface area contributed by atoms with Gasteiger partial charge in [0.1, 0.15) is 5.52 Å². The average Bonchev–Trinajstić information content (AvgIpc) is 3.60. The van der Waals surface area contributed by atoms with Crippen molar-refractivity contribution in [3.63, 3.8) is 0 Å². The van der Waals surface area contributed by atoms with Gasteiger partial charge < -0.3 is 4.42 Å². The molecule has 0 radical (unpaired) electrons. The fraction of sp³-hybridized carbons (Fsp3) is 0. The minimum Gasteiger partial charge on any atom is -0.436 e. The van der Waals surface area contributed by atoms with E-state index in [2.05, 4.69) is 66.7 Å². The van der Waals surface area contributed by atoms with Crippen LogP contribution in [0.15, 0.2) is 162 Å². The number of fused-ring (bicyclic) bond motifs is 4. The molecule has 0 fully saturated rings. The first-order chi connectivity index (χ1) is 23.3. The molecule has 47 heavy (non-hydrogen) atoms. The number of aromatic nitrogens is 4. The van der Waals surface area contributed by atoms with Crippen LogP contribution in [0.5, 0.6) is 0 Å². The van der Waals surface area contributed by atoms with E-state index in [1.807, 2.05) is 91.0 Å². The van der Waals surface area contributed by atoms with Gasteiger partial charge >= 0.3 is 0 Å². The molecule has 9 aromatic rings. The van der Waals surface area contributed by atoms with E-state index in [0.29, 0.717) is 23.4 Å². The zero-order valence-electron chi connectivity index (χ0n) is 25.2. The molecule has 0 spiro atoms. The normalized spacial score (nSPS) is 11.4. The lowest BCUT2D eigenvalue weighted by molar-refractivity contribution is 0.620. The monoisotopic (exact) mass is 602 g/mol. The van der Waals surface area contributed by atoms with Gasteiger partial charge in [-0.15, -0.1) is 0 Å². The molecular formula is C42H26N4O. The van der Waals surface area contributed by atoms with Crippen molar-refractivity contribution < 1.29 is 4.42 Å². The van der Waals surface area contributed by atoms with Gasteiger partial charge in [0.25, 0.3) is 0 Å². The molecule has 0 amide bonds. The quantitative estimate of drug-likeness (QED) is 0.196. The Kier molecular flexibility index (Phi) is 6.39. The highest BCUT2D eigenvalue weighted by Crippen LogP contribution is 2.41. The fourth-order valence-electron chi connectivity index (χ4n) is 6.34. The summed E-state index contributed by atoms with van der Waals surface area (Å²) in [6.07, 6.45) is 0. The van der Waals surface area contributed by atoms with Crippen molar-refractivity contribution in [3.8, 4) is 56.7 Å². The zero-order valence-corrected chi connectivity index (χ0v) is 25.2. The van der Waals surface area contributed by atoms with E-state index >= 15 is 0 Å². The van der Waals surface area contributed by atoms with Gasteiger partial charge in [0.2, 0.25) is 5.89 Å². The van der Waals surface area contributed by atoms with Gasteiger partial charge in [-0.25, -0.2) is 19.9 Å². The molecule has 7 aromatic carbocycles. The van der Waals surface area contributed by atoms with Crippen LogP contribution in [0.4, 0.5) is 0 Å². The molecule has 0 bridgehead atoms. The lowest BCUT2D eigenvalue weighted by Crippen LogP contribution is -2.00. The van der Waals surface area contributed by atoms with Crippen LogP contribution in [-0.4, -0.2) is 19.9 Å². The SMILES string of the molecule is c1ccc(-c2nc(-c3ccccc3)nc(-c3ccc(-c4cc5oc(-c6ccccc6)nc5c5ccccc45)c4ccccc34)n2)cc1. The number of rotatable bonds is 5. The van der Waals surface area contributed by atoms with Crippen LogP contribution in [-0.2, 0) is 0 Å². The second kappa shape index (κ2) is 11.2. The summed E-state index contributed by atoms with van der Waals surface area (Å²) in [5, 5.41) is 4.32. The van der Waals surface area contributed by atoms with Crippen molar-refractivity contribution >= 4 is 32.6 Å². The van der Waals surface area contributed by atoms with E-state index in [4.69, 9.17) is 24.4 Å². The molecule has 0 saturated heterocycles. The summed E-state index contributed by atoms with van der Waals surface area (Å²) in [6.45, 7) is 0. The van der Waals surface area contributed by atoms with Crippen molar-refractivity contribution in [2.45, 2.75) is 0 Å². The Labute approximate surface area is 270 Å². The standard InChI is InChI=1S/C42H26N4O/c1-4-14-27(15-5-1)39-44-40(28-16-6-2-7-17-28)46-41(45-39)35-25-24-33(30-20-10-11-21-31(30)35)36-26-37-38(34-23-13-12-22-32(34)36)43-42(47-37)29-18-8-3-9-19-29/h1-26H. The summed E-state index contributed by atoms with van der Waals surface area (Å²) in [6, 6.07) is 53.5. The zero-order chi connectivity index (χ0) is 31.2. The van der Waals surface area contributed by atoms with E-state index in [1.54, 1.807) is 0 Å². The van der Waals surface area contributed by atoms with Crippen molar-refractivity contribution in [1.29, 1.82) is 0 Å². The molecule has 5 nitrogen and oxygen atoms in total. The van der Waals surface area contributed by atoms with Gasteiger partial charge in [0.15, 0.2) is 23.1 Å². The summed E-state index contributed by atoms with van der Waals surface area (Å²) < 4.78 is 6.40. The lowest BCUT2D eigenvalue weighted by atomic mass is 9.91. The molecule has 9 rings (SSSR count). The highest BCUT2D eigenvalue weighted by molar-refractivity contribution is 6.15. The number of hydrogen-bond donors (Lipinski definition) is 0. The number of benzene rings is 7. The molecule has 0 atom stereocenters. The molecule has 220 valence electrons. The largest absolute Gasteiger partial charge is 0.436 e. The first-order valence-electron chi connectivity index (χ1n) is 15.6. The summed E-state index contributed by atoms with van der Waals surface area (Å²) in [4.78, 5) is 19.9. The van der Waals surface area contributed by atoms with Crippen molar-refractivity contribution in [2.75, 3.05) is 0 Å². The van der Waals surface area contributed by atoms with Gasteiger partial charge in [0, 0.05) is 27.6 Å². The predicted molar refractivity (Wildman–Crippen MR) is 190 cm³/mol. The van der Waals surface area contributed by atoms with Crippen molar-refractivity contribution in [3.05, 3.63) is 158 Å². The Bertz CT molecular complexity index is 2500. The molecular weight excluding hydrogens is 576 g/mol. The minimum absolute atomic E-state index is 0.612. The number of hydrogen-bond acceptors (Lipinski definition) is 5. The molecule has 0 aliphatic carbocycles. The smallest absolute Gasteiger partial charge is 0.227 e. The molecule has 0 saturated carbocycles. The van der Waals surface area contributed by atoms with Gasteiger partial charge in [-0.2, -0.15) is 0 Å². The Morgan fingerprint density at radius 2 is 0.787 bits per heavy atom. The maximum atomic E-state index is 6.40. The fourth-order valence-corrected chi connectivity index (χ4v) is 6.34. The van der Waals surface area contributed by atoms with Crippen LogP contribution in [0, 0.1) is 0 Å². The lowest BCUT2D eigenvalue weighted by Gasteiger charge is -2.14. The van der Waals surface area contributed by atoms with E-state index < -0.39 is 0 Å². The summed E-state index contributed by atoms with van der Waals surface area (Å²) in [5.41, 5.74) is 7.56. The topological polar surface area (TPSA) is 64.7 Å². The second-order valence-electron chi connectivity index (χ2n) is 11.4. The van der Waals surface area contributed by atoms with Gasteiger partial charge in [0.05, 0.1) is 0 Å². The molecule has 0 unspecified atom stereocenters. The van der Waals surface area contributed by atoms with Crippen LogP contribution in [0.25, 0.3) is 89.4 Å². The molecule has 2 heterocycles. The maximum absolute atomic E-state index is 6.40. The Morgan fingerprint density at radius 1 is 0.340 bits per heavy atom. The first kappa shape index (κ1) is 26.9. The Morgan fingerprint density at radius 3 is 1.38 bits per heavy atom. The van der Waals surface area contributed by atoms with E-state index in [1.165, 1.54) is 0 Å². The van der Waals surface area contributed by atoms with Crippen molar-refractivity contribution in [1.82, 2.24) is 19.9 Å².